The van der Waals surface area contributed by atoms with Gasteiger partial charge in [0.1, 0.15) is 37.1 Å². The number of nitrogens with zero attached hydrogens (tertiary/aromatic N) is 9. The van der Waals surface area contributed by atoms with Gasteiger partial charge in [0.2, 0.25) is 0 Å². The largest absolute Gasteiger partial charge is 0.463 e. The van der Waals surface area contributed by atoms with Crippen LogP contribution in [0.25, 0.3) is 31.3 Å². The number of aliphatic hydroxyl groups is 3. The molecule has 1 heterocycles. The van der Waals surface area contributed by atoms with Crippen molar-refractivity contribution in [3.8, 4) is 0 Å². The maximum Gasteiger partial charge on any atom is 0.303 e. The zero-order valence-corrected chi connectivity index (χ0v) is 18.0. The second-order valence-electron chi connectivity index (χ2n) is 7.47. The van der Waals surface area contributed by atoms with E-state index in [9.17, 15) is 24.9 Å². The first-order valence-corrected chi connectivity index (χ1v) is 9.92. The smallest absolute Gasteiger partial charge is 0.303 e. The average Bonchev–Trinajstić information content (AvgIpc) is 2.77. The molecule has 1 aliphatic heterocycles. The van der Waals surface area contributed by atoms with Crippen LogP contribution < -0.4 is 0 Å². The van der Waals surface area contributed by atoms with Gasteiger partial charge in [-0.2, -0.15) is 0 Å². The van der Waals surface area contributed by atoms with Crippen molar-refractivity contribution >= 4 is 11.9 Å². The van der Waals surface area contributed by atoms with E-state index in [0.29, 0.717) is 0 Å². The summed E-state index contributed by atoms with van der Waals surface area (Å²) in [5.74, 6) is -1.50. The third kappa shape index (κ3) is 6.38. The predicted molar refractivity (Wildman–Crippen MR) is 107 cm³/mol. The van der Waals surface area contributed by atoms with E-state index >= 15 is 0 Å². The number of carbonyl (C=O) groups excluding carboxylic acids is 2. The van der Waals surface area contributed by atoms with Gasteiger partial charge in [-0.3, -0.25) is 9.59 Å². The van der Waals surface area contributed by atoms with Gasteiger partial charge in [0.25, 0.3) is 0 Å². The van der Waals surface area contributed by atoms with Crippen molar-refractivity contribution in [3.05, 3.63) is 31.3 Å². The van der Waals surface area contributed by atoms with Gasteiger partial charge in [-0.05, 0) is 23.0 Å². The molecule has 10 atom stereocenters. The van der Waals surface area contributed by atoms with E-state index < -0.39 is 79.6 Å². The van der Waals surface area contributed by atoms with E-state index in [1.165, 1.54) is 0 Å². The van der Waals surface area contributed by atoms with Crippen molar-refractivity contribution in [1.29, 1.82) is 0 Å². The first-order chi connectivity index (χ1) is 16.1. The fraction of sp³-hybridized carbons (Fsp3) is 0.875. The lowest BCUT2D eigenvalue weighted by molar-refractivity contribution is -0.294. The van der Waals surface area contributed by atoms with Crippen LogP contribution in [0.4, 0.5) is 0 Å². The van der Waals surface area contributed by atoms with Crippen molar-refractivity contribution in [2.45, 2.75) is 81.3 Å². The van der Waals surface area contributed by atoms with Gasteiger partial charge in [0.15, 0.2) is 6.29 Å². The summed E-state index contributed by atoms with van der Waals surface area (Å²) >= 11 is 0. The lowest BCUT2D eigenvalue weighted by Crippen LogP contribution is -2.63. The third-order valence-electron chi connectivity index (χ3n) is 5.21. The molecule has 0 aromatic heterocycles. The topological polar surface area (TPSA) is 278 Å². The molecule has 34 heavy (non-hydrogen) atoms. The number of azide groups is 3. The number of ether oxygens (including phenoxy) is 4. The fourth-order valence-corrected chi connectivity index (χ4v) is 3.73. The molecular formula is C16H23N9O9. The van der Waals surface area contributed by atoms with Gasteiger partial charge in [0, 0.05) is 28.6 Å². The van der Waals surface area contributed by atoms with E-state index in [1.807, 2.05) is 0 Å². The van der Waals surface area contributed by atoms with Crippen molar-refractivity contribution in [3.63, 3.8) is 0 Å². The second-order valence-corrected chi connectivity index (χ2v) is 7.47. The predicted octanol–water partition coefficient (Wildman–Crippen LogP) is 0.114. The number of carbonyl (C=O) groups is 2. The zero-order chi connectivity index (χ0) is 25.4. The Kier molecular flexibility index (Phi) is 9.68. The Morgan fingerprint density at radius 3 is 2.03 bits per heavy atom. The zero-order valence-electron chi connectivity index (χ0n) is 18.0. The van der Waals surface area contributed by atoms with Gasteiger partial charge in [-0.25, -0.2) is 0 Å². The van der Waals surface area contributed by atoms with Crippen LogP contribution >= 0.6 is 0 Å². The van der Waals surface area contributed by atoms with Gasteiger partial charge in [-0.1, -0.05) is 15.3 Å². The summed E-state index contributed by atoms with van der Waals surface area (Å²) in [5, 5.41) is 42.0. The summed E-state index contributed by atoms with van der Waals surface area (Å²) in [7, 11) is 0. The first-order valence-electron chi connectivity index (χ1n) is 9.92. The molecule has 2 rings (SSSR count). The Bertz CT molecular complexity index is 902. The minimum Gasteiger partial charge on any atom is -0.463 e. The summed E-state index contributed by atoms with van der Waals surface area (Å²) in [5.41, 5.74) is 26.6. The Labute approximate surface area is 191 Å². The number of esters is 2. The normalized spacial score (nSPS) is 37.2. The summed E-state index contributed by atoms with van der Waals surface area (Å²) < 4.78 is 21.1. The summed E-state index contributed by atoms with van der Waals surface area (Å²) in [4.78, 5) is 30.6. The van der Waals surface area contributed by atoms with Crippen molar-refractivity contribution in [2.24, 2.45) is 15.3 Å². The highest BCUT2D eigenvalue weighted by Crippen LogP contribution is 2.34. The number of hydrogen-bond donors (Lipinski definition) is 3. The molecule has 0 bridgehead atoms. The molecule has 1 aliphatic carbocycles. The molecule has 6 unspecified atom stereocenters. The van der Waals surface area contributed by atoms with Crippen LogP contribution in [0.15, 0.2) is 15.3 Å². The minimum absolute atomic E-state index is 0.200. The summed E-state index contributed by atoms with van der Waals surface area (Å²) in [6.07, 6.45) is -11.1. The molecule has 186 valence electrons. The standard InChI is InChI=1S/C16H23N9O9/c1-5(26)31-4-9-11(28)12(29)10(22-25-19)16(33-9)34-15-8(21-24-18)3-7(20-23-17)14(13(15)30)32-6(2)27/h7-16,28-30H,3-4H2,1-2H3/t7-,8?,9?,10?,11-,12?,13?,14?,15-,16-/m1/s1. The van der Waals surface area contributed by atoms with E-state index in [4.69, 9.17) is 35.5 Å². The Hall–Kier alpha value is -3.33. The van der Waals surface area contributed by atoms with Crippen LogP contribution in [-0.2, 0) is 28.5 Å². The lowest BCUT2D eigenvalue weighted by Gasteiger charge is -2.46. The molecule has 2 aliphatic rings. The molecule has 18 nitrogen and oxygen atoms in total. The molecule has 0 amide bonds. The molecule has 0 radical (unpaired) electrons. The molecule has 0 aromatic carbocycles. The molecule has 18 heteroatoms. The molecule has 1 saturated heterocycles. The maximum absolute atomic E-state index is 11.5. The third-order valence-corrected chi connectivity index (χ3v) is 5.21. The van der Waals surface area contributed by atoms with Crippen LogP contribution in [0.3, 0.4) is 0 Å². The van der Waals surface area contributed by atoms with Crippen LogP contribution in [0, 0.1) is 0 Å². The van der Waals surface area contributed by atoms with E-state index in [2.05, 4.69) is 30.1 Å². The fourth-order valence-electron chi connectivity index (χ4n) is 3.73. The van der Waals surface area contributed by atoms with Crippen LogP contribution in [0.1, 0.15) is 20.3 Å². The monoisotopic (exact) mass is 485 g/mol. The maximum atomic E-state index is 11.5. The summed E-state index contributed by atoms with van der Waals surface area (Å²) in [6.45, 7) is 1.69. The van der Waals surface area contributed by atoms with Crippen molar-refractivity contribution < 1.29 is 43.9 Å². The lowest BCUT2D eigenvalue weighted by atomic mass is 9.84. The van der Waals surface area contributed by atoms with E-state index in [1.54, 1.807) is 0 Å². The van der Waals surface area contributed by atoms with Crippen LogP contribution in [0.2, 0.25) is 0 Å². The molecule has 3 N–H and O–H groups in total. The number of aliphatic hydroxyl groups excluding tert-OH is 3. The summed E-state index contributed by atoms with van der Waals surface area (Å²) in [6, 6.07) is -3.81. The number of rotatable bonds is 8. The van der Waals surface area contributed by atoms with Crippen LogP contribution in [0.5, 0.6) is 0 Å². The molecule has 0 aromatic rings. The van der Waals surface area contributed by atoms with Gasteiger partial charge < -0.3 is 34.3 Å². The minimum atomic E-state index is -1.73. The average molecular weight is 485 g/mol. The quantitative estimate of drug-likeness (QED) is 0.182. The molecule has 1 saturated carbocycles. The van der Waals surface area contributed by atoms with Crippen molar-refractivity contribution in [1.82, 2.24) is 0 Å². The highest BCUT2D eigenvalue weighted by atomic mass is 16.7. The second kappa shape index (κ2) is 12.2. The molecular weight excluding hydrogens is 462 g/mol. The first kappa shape index (κ1) is 26.9. The molecule has 0 spiro atoms. The Morgan fingerprint density at radius 2 is 1.50 bits per heavy atom. The highest BCUT2D eigenvalue weighted by Gasteiger charge is 2.51. The SMILES string of the molecule is CC(=O)OCC1O[C@H](O[C@@H]2C(N=[N+]=[N-])C[C@@H](N=[N+]=[N-])C(OC(C)=O)C2O)C(N=[N+]=[N-])C(O)[C@@H]1O. The number of hydrogen-bond acceptors (Lipinski definition) is 12. The highest BCUT2D eigenvalue weighted by molar-refractivity contribution is 5.66. The van der Waals surface area contributed by atoms with Crippen LogP contribution in [-0.4, -0.2) is 94.9 Å². The van der Waals surface area contributed by atoms with Crippen molar-refractivity contribution in [2.75, 3.05) is 6.61 Å². The van der Waals surface area contributed by atoms with Gasteiger partial charge in [-0.15, -0.1) is 0 Å². The van der Waals surface area contributed by atoms with Gasteiger partial charge >= 0.3 is 11.9 Å². The Balaban J connectivity index is 2.38. The van der Waals surface area contributed by atoms with Gasteiger partial charge in [0.05, 0.1) is 24.3 Å². The Morgan fingerprint density at radius 1 is 0.912 bits per heavy atom. The van der Waals surface area contributed by atoms with E-state index in [0.717, 1.165) is 13.8 Å². The van der Waals surface area contributed by atoms with E-state index in [-0.39, 0.29) is 6.42 Å². The molecule has 2 fully saturated rings.